The van der Waals surface area contributed by atoms with E-state index in [9.17, 15) is 9.59 Å². The Morgan fingerprint density at radius 1 is 1.21 bits per heavy atom. The molecule has 152 valence electrons. The smallest absolute Gasteiger partial charge is 0.305 e. The zero-order valence-electron chi connectivity index (χ0n) is 15.8. The molecule has 0 radical (unpaired) electrons. The topological polar surface area (TPSA) is 138 Å². The molecule has 0 saturated carbocycles. The average molecular weight is 396 g/mol. The summed E-state index contributed by atoms with van der Waals surface area (Å²) in [4.78, 5) is 29.2. The lowest BCUT2D eigenvalue weighted by Gasteiger charge is -2.18. The molecule has 1 fully saturated rings. The summed E-state index contributed by atoms with van der Waals surface area (Å²) in [5.41, 5.74) is 10.8. The Hall–Kier alpha value is -3.23. The number of aliphatic carboxylic acids is 1. The summed E-state index contributed by atoms with van der Waals surface area (Å²) in [6.07, 6.45) is 0.207. The van der Waals surface area contributed by atoms with Crippen LogP contribution in [0, 0.1) is 5.41 Å². The first-order valence-electron chi connectivity index (χ1n) is 9.34. The van der Waals surface area contributed by atoms with Gasteiger partial charge in [-0.25, -0.2) is 0 Å². The molecular formula is C21H24N4O4. The Labute approximate surface area is 168 Å². The molecule has 0 unspecified atom stereocenters. The van der Waals surface area contributed by atoms with Crippen molar-refractivity contribution in [2.75, 3.05) is 0 Å². The lowest BCUT2D eigenvalue weighted by Crippen LogP contribution is -2.32. The maximum atomic E-state index is 12.5. The van der Waals surface area contributed by atoms with Crippen LogP contribution < -0.4 is 16.5 Å². The number of rotatable bonds is 8. The third-order valence-electron chi connectivity index (χ3n) is 4.83. The van der Waals surface area contributed by atoms with Gasteiger partial charge in [0, 0.05) is 5.56 Å². The Bertz CT molecular complexity index is 870. The minimum Gasteiger partial charge on any atom is -0.481 e. The molecule has 29 heavy (non-hydrogen) atoms. The molecule has 1 amide bonds. The summed E-state index contributed by atoms with van der Waals surface area (Å²) in [6, 6.07) is 15.7. The maximum absolute atomic E-state index is 12.5. The molecular weight excluding hydrogens is 372 g/mol. The molecule has 1 aliphatic heterocycles. The lowest BCUT2D eigenvalue weighted by atomic mass is 9.99. The van der Waals surface area contributed by atoms with Gasteiger partial charge in [0.05, 0.1) is 31.0 Å². The standard InChI is InChI=1S/C21H24N4O4/c22-21(23)15-8-6-14(7-9-15)18-10-16(29-25-18)11-19(26)24-17(12-20(27)28)13-4-2-1-3-5-13/h1-9,16-18,25H,10-12H2,(H3,22,23)(H,24,26)(H,27,28)/t16-,17-,18+/m1/s1. The van der Waals surface area contributed by atoms with Crippen LogP contribution in [0.25, 0.3) is 0 Å². The van der Waals surface area contributed by atoms with Crippen molar-refractivity contribution >= 4 is 17.7 Å². The Kier molecular flexibility index (Phi) is 6.58. The van der Waals surface area contributed by atoms with E-state index in [2.05, 4.69) is 10.8 Å². The number of carbonyl (C=O) groups is 2. The molecule has 3 rings (SSSR count). The van der Waals surface area contributed by atoms with Gasteiger partial charge in [0.2, 0.25) is 5.91 Å². The number of benzene rings is 2. The van der Waals surface area contributed by atoms with Crippen molar-refractivity contribution in [3.05, 3.63) is 71.3 Å². The van der Waals surface area contributed by atoms with Crippen molar-refractivity contribution in [3.63, 3.8) is 0 Å². The number of amides is 1. The summed E-state index contributed by atoms with van der Waals surface area (Å²) in [6.45, 7) is 0. The van der Waals surface area contributed by atoms with Crippen LogP contribution in [0.4, 0.5) is 0 Å². The van der Waals surface area contributed by atoms with Crippen molar-refractivity contribution in [2.45, 2.75) is 37.5 Å². The summed E-state index contributed by atoms with van der Waals surface area (Å²) in [5.74, 6) is -1.23. The molecule has 0 aliphatic carbocycles. The number of carboxylic acids is 1. The van der Waals surface area contributed by atoms with E-state index in [0.29, 0.717) is 12.0 Å². The lowest BCUT2D eigenvalue weighted by molar-refractivity contribution is -0.137. The van der Waals surface area contributed by atoms with Crippen molar-refractivity contribution in [1.82, 2.24) is 10.8 Å². The number of nitrogens with two attached hydrogens (primary N) is 1. The predicted octanol–water partition coefficient (Wildman–Crippen LogP) is 2.03. The van der Waals surface area contributed by atoms with Gasteiger partial charge in [-0.05, 0) is 17.5 Å². The predicted molar refractivity (Wildman–Crippen MR) is 107 cm³/mol. The summed E-state index contributed by atoms with van der Waals surface area (Å²) < 4.78 is 0. The van der Waals surface area contributed by atoms with Gasteiger partial charge in [-0.3, -0.25) is 19.8 Å². The Balaban J connectivity index is 1.56. The Morgan fingerprint density at radius 3 is 2.52 bits per heavy atom. The summed E-state index contributed by atoms with van der Waals surface area (Å²) in [5, 5.41) is 19.4. The number of hydrogen-bond donors (Lipinski definition) is 5. The SMILES string of the molecule is N=C(N)c1ccc([C@@H]2C[C@H](CC(=O)N[C@H](CC(=O)O)c3ccccc3)ON2)cc1. The molecule has 1 heterocycles. The molecule has 0 aromatic heterocycles. The fraction of sp³-hybridized carbons (Fsp3) is 0.286. The summed E-state index contributed by atoms with van der Waals surface area (Å²) in [7, 11) is 0. The van der Waals surface area contributed by atoms with Crippen molar-refractivity contribution < 1.29 is 19.5 Å². The van der Waals surface area contributed by atoms with Gasteiger partial charge in [-0.2, -0.15) is 5.48 Å². The van der Waals surface area contributed by atoms with Crippen LogP contribution in [0.5, 0.6) is 0 Å². The first-order chi connectivity index (χ1) is 13.9. The second-order valence-electron chi connectivity index (χ2n) is 7.01. The van der Waals surface area contributed by atoms with E-state index in [1.165, 1.54) is 0 Å². The minimum atomic E-state index is -0.980. The fourth-order valence-electron chi connectivity index (χ4n) is 3.33. The molecule has 2 aromatic rings. The largest absolute Gasteiger partial charge is 0.481 e. The molecule has 8 heteroatoms. The van der Waals surface area contributed by atoms with Gasteiger partial charge in [0.1, 0.15) is 5.84 Å². The number of amidine groups is 1. The monoisotopic (exact) mass is 396 g/mol. The van der Waals surface area contributed by atoms with Crippen LogP contribution in [0.2, 0.25) is 0 Å². The van der Waals surface area contributed by atoms with Gasteiger partial charge in [-0.1, -0.05) is 54.6 Å². The highest BCUT2D eigenvalue weighted by Crippen LogP contribution is 2.27. The maximum Gasteiger partial charge on any atom is 0.305 e. The van der Waals surface area contributed by atoms with E-state index in [4.69, 9.17) is 21.1 Å². The van der Waals surface area contributed by atoms with Gasteiger partial charge in [0.15, 0.2) is 0 Å². The first-order valence-corrected chi connectivity index (χ1v) is 9.34. The van der Waals surface area contributed by atoms with Crippen molar-refractivity contribution in [3.8, 4) is 0 Å². The van der Waals surface area contributed by atoms with E-state index < -0.39 is 12.0 Å². The number of nitrogen functional groups attached to an aromatic ring is 1. The number of carbonyl (C=O) groups excluding carboxylic acids is 1. The Morgan fingerprint density at radius 2 is 1.90 bits per heavy atom. The van der Waals surface area contributed by atoms with Gasteiger partial charge in [0.25, 0.3) is 0 Å². The van der Waals surface area contributed by atoms with Crippen LogP contribution >= 0.6 is 0 Å². The molecule has 6 N–H and O–H groups in total. The number of hydrogen-bond acceptors (Lipinski definition) is 5. The molecule has 0 spiro atoms. The van der Waals surface area contributed by atoms with Gasteiger partial charge in [-0.15, -0.1) is 0 Å². The first kappa shape index (κ1) is 20.5. The highest BCUT2D eigenvalue weighted by Gasteiger charge is 2.29. The number of nitrogens with one attached hydrogen (secondary N) is 3. The van der Waals surface area contributed by atoms with E-state index >= 15 is 0 Å². The molecule has 8 nitrogen and oxygen atoms in total. The average Bonchev–Trinajstić information content (AvgIpc) is 3.16. The molecule has 0 bridgehead atoms. The van der Waals surface area contributed by atoms with Crippen LogP contribution in [0.3, 0.4) is 0 Å². The second kappa shape index (κ2) is 9.31. The fourth-order valence-corrected chi connectivity index (χ4v) is 3.33. The third-order valence-corrected chi connectivity index (χ3v) is 4.83. The van der Waals surface area contributed by atoms with Crippen molar-refractivity contribution in [1.29, 1.82) is 5.41 Å². The molecule has 1 aliphatic rings. The number of carboxylic acid groups (broad SMARTS) is 1. The van der Waals surface area contributed by atoms with Crippen LogP contribution in [0.1, 0.15) is 48.0 Å². The van der Waals surface area contributed by atoms with Gasteiger partial charge >= 0.3 is 5.97 Å². The highest BCUT2D eigenvalue weighted by atomic mass is 16.7. The van der Waals surface area contributed by atoms with E-state index in [1.807, 2.05) is 30.3 Å². The molecule has 1 saturated heterocycles. The second-order valence-corrected chi connectivity index (χ2v) is 7.01. The number of hydroxylamine groups is 1. The van der Waals surface area contributed by atoms with Gasteiger partial charge < -0.3 is 16.2 Å². The zero-order chi connectivity index (χ0) is 20.8. The highest BCUT2D eigenvalue weighted by molar-refractivity contribution is 5.94. The normalized spacial score (nSPS) is 19.4. The quantitative estimate of drug-likeness (QED) is 0.342. The van der Waals surface area contributed by atoms with E-state index in [-0.39, 0.29) is 36.7 Å². The molecule has 3 atom stereocenters. The minimum absolute atomic E-state index is 0.0102. The zero-order valence-corrected chi connectivity index (χ0v) is 15.8. The van der Waals surface area contributed by atoms with Crippen LogP contribution in [-0.2, 0) is 14.4 Å². The molecule has 2 aromatic carbocycles. The van der Waals surface area contributed by atoms with Crippen LogP contribution in [-0.4, -0.2) is 28.9 Å². The van der Waals surface area contributed by atoms with Crippen LogP contribution in [0.15, 0.2) is 54.6 Å². The third kappa shape index (κ3) is 5.63. The van der Waals surface area contributed by atoms with Crippen molar-refractivity contribution in [2.24, 2.45) is 5.73 Å². The van der Waals surface area contributed by atoms with E-state index in [1.54, 1.807) is 24.3 Å². The summed E-state index contributed by atoms with van der Waals surface area (Å²) >= 11 is 0. The van der Waals surface area contributed by atoms with E-state index in [0.717, 1.165) is 11.1 Å².